The predicted molar refractivity (Wildman–Crippen MR) is 150 cm³/mol. The Balaban J connectivity index is 1.35. The Morgan fingerprint density at radius 3 is 2.51 bits per heavy atom. The van der Waals surface area contributed by atoms with Crippen molar-refractivity contribution in [2.75, 3.05) is 16.4 Å². The lowest BCUT2D eigenvalue weighted by molar-refractivity contribution is -0.115. The summed E-state index contributed by atoms with van der Waals surface area (Å²) in [7, 11) is 0. The van der Waals surface area contributed by atoms with Crippen LogP contribution >= 0.6 is 46.3 Å². The highest BCUT2D eigenvalue weighted by Crippen LogP contribution is 2.31. The van der Waals surface area contributed by atoms with Gasteiger partial charge >= 0.3 is 0 Å². The largest absolute Gasteiger partial charge is 0.326 e. The summed E-state index contributed by atoms with van der Waals surface area (Å²) in [6.07, 6.45) is 0.280. The Kier molecular flexibility index (Phi) is 8.53. The van der Waals surface area contributed by atoms with Gasteiger partial charge in [-0.3, -0.25) is 9.59 Å². The molecule has 0 saturated carbocycles. The predicted octanol–water partition coefficient (Wildman–Crippen LogP) is 6.24. The first-order valence-corrected chi connectivity index (χ1v) is 13.9. The third kappa shape index (κ3) is 7.10. The van der Waals surface area contributed by atoms with Gasteiger partial charge in [0.25, 0.3) is 0 Å². The number of hydrogen-bond acceptors (Lipinski definition) is 7. The van der Waals surface area contributed by atoms with Gasteiger partial charge in [0.05, 0.1) is 33.6 Å². The smallest absolute Gasteiger partial charge is 0.234 e. The highest BCUT2D eigenvalue weighted by Gasteiger charge is 2.19. The SMILES string of the molecule is CC(C)(C)c1ccc(-n2nnnc2SCC(=O)Nc2ccc(NC(=O)Cc3ccsc3)cc2Cl)c(Cl)c1. The maximum Gasteiger partial charge on any atom is 0.234 e. The molecule has 0 radical (unpaired) electrons. The molecule has 2 aromatic heterocycles. The molecule has 0 unspecified atom stereocenters. The molecule has 2 aromatic carbocycles. The van der Waals surface area contributed by atoms with Gasteiger partial charge in [-0.25, -0.2) is 0 Å². The minimum Gasteiger partial charge on any atom is -0.326 e. The number of hydrogen-bond donors (Lipinski definition) is 2. The minimum absolute atomic E-state index is 0.0480. The highest BCUT2D eigenvalue weighted by molar-refractivity contribution is 7.99. The molecule has 8 nitrogen and oxygen atoms in total. The quantitative estimate of drug-likeness (QED) is 0.241. The maximum absolute atomic E-state index is 12.6. The van der Waals surface area contributed by atoms with E-state index in [1.807, 2.05) is 35.0 Å². The number of carbonyl (C=O) groups is 2. The standard InChI is InChI=1S/C25H24Cl2N6O2S2/c1-25(2,3)16-4-7-21(19(27)11-16)33-24(30-31-32-33)37-14-23(35)29-20-6-5-17(12-18(20)26)28-22(34)10-15-8-9-36-13-15/h4-9,11-13H,10,14H2,1-3H3,(H,28,34)(H,29,35). The van der Waals surface area contributed by atoms with Crippen molar-refractivity contribution in [3.8, 4) is 5.69 Å². The molecule has 0 bridgehead atoms. The van der Waals surface area contributed by atoms with Crippen molar-refractivity contribution in [3.63, 3.8) is 0 Å². The number of aromatic nitrogens is 4. The number of nitrogens with zero attached hydrogens (tertiary/aromatic N) is 4. The van der Waals surface area contributed by atoms with Crippen molar-refractivity contribution in [2.24, 2.45) is 0 Å². The van der Waals surface area contributed by atoms with Crippen molar-refractivity contribution < 1.29 is 9.59 Å². The van der Waals surface area contributed by atoms with Gasteiger partial charge in [-0.1, -0.05) is 61.8 Å². The van der Waals surface area contributed by atoms with Crippen molar-refractivity contribution in [2.45, 2.75) is 37.8 Å². The van der Waals surface area contributed by atoms with Gasteiger partial charge in [0.15, 0.2) is 0 Å². The number of amides is 2. The van der Waals surface area contributed by atoms with E-state index in [0.717, 1.165) is 11.1 Å². The Bertz CT molecular complexity index is 1420. The van der Waals surface area contributed by atoms with Crippen LogP contribution in [0.15, 0.2) is 58.4 Å². The van der Waals surface area contributed by atoms with Gasteiger partial charge in [-0.05, 0) is 74.1 Å². The van der Waals surface area contributed by atoms with Crippen LogP contribution in [-0.2, 0) is 21.4 Å². The second kappa shape index (κ2) is 11.6. The van der Waals surface area contributed by atoms with Crippen LogP contribution in [0.1, 0.15) is 31.9 Å². The molecule has 2 N–H and O–H groups in total. The molecule has 192 valence electrons. The van der Waals surface area contributed by atoms with Gasteiger partial charge in [-0.2, -0.15) is 16.0 Å². The summed E-state index contributed by atoms with van der Waals surface area (Å²) in [4.78, 5) is 24.8. The molecular weight excluding hydrogens is 551 g/mol. The molecule has 0 aliphatic heterocycles. The number of benzene rings is 2. The number of nitrogens with one attached hydrogen (secondary N) is 2. The number of anilines is 2. The van der Waals surface area contributed by atoms with E-state index in [9.17, 15) is 9.59 Å². The monoisotopic (exact) mass is 574 g/mol. The number of halogens is 2. The summed E-state index contributed by atoms with van der Waals surface area (Å²) in [5.74, 6) is -0.383. The number of carbonyl (C=O) groups excluding carboxylic acids is 2. The van der Waals surface area contributed by atoms with Crippen LogP contribution in [0.5, 0.6) is 0 Å². The number of thiophene rings is 1. The molecule has 0 atom stereocenters. The van der Waals surface area contributed by atoms with Crippen LogP contribution in [-0.4, -0.2) is 37.8 Å². The molecule has 12 heteroatoms. The third-order valence-corrected chi connectivity index (χ3v) is 7.55. The normalized spacial score (nSPS) is 11.4. The summed E-state index contributed by atoms with van der Waals surface area (Å²) >= 11 is 15.6. The number of rotatable bonds is 8. The molecular formula is C25H24Cl2N6O2S2. The van der Waals surface area contributed by atoms with E-state index in [-0.39, 0.29) is 29.4 Å². The van der Waals surface area contributed by atoms with E-state index in [4.69, 9.17) is 23.2 Å². The van der Waals surface area contributed by atoms with Crippen LogP contribution in [0, 0.1) is 0 Å². The molecule has 0 spiro atoms. The lowest BCUT2D eigenvalue weighted by Crippen LogP contribution is -2.16. The lowest BCUT2D eigenvalue weighted by atomic mass is 9.87. The van der Waals surface area contributed by atoms with E-state index < -0.39 is 0 Å². The molecule has 2 heterocycles. The van der Waals surface area contributed by atoms with E-state index in [2.05, 4.69) is 46.9 Å². The Hall–Kier alpha value is -2.92. The molecule has 37 heavy (non-hydrogen) atoms. The first-order chi connectivity index (χ1) is 17.6. The Labute approximate surface area is 232 Å². The van der Waals surface area contributed by atoms with Gasteiger partial charge in [0.1, 0.15) is 0 Å². The first-order valence-electron chi connectivity index (χ1n) is 11.2. The van der Waals surface area contributed by atoms with Gasteiger partial charge < -0.3 is 10.6 Å². The second-order valence-corrected chi connectivity index (χ2v) is 11.7. The Morgan fingerprint density at radius 1 is 1.03 bits per heavy atom. The second-order valence-electron chi connectivity index (χ2n) is 9.18. The van der Waals surface area contributed by atoms with Crippen LogP contribution in [0.2, 0.25) is 10.0 Å². The van der Waals surface area contributed by atoms with Gasteiger partial charge in [0.2, 0.25) is 17.0 Å². The molecule has 0 aliphatic rings. The summed E-state index contributed by atoms with van der Waals surface area (Å²) in [5.41, 5.74) is 3.60. The van der Waals surface area contributed by atoms with Crippen LogP contribution in [0.4, 0.5) is 11.4 Å². The third-order valence-electron chi connectivity index (χ3n) is 5.29. The van der Waals surface area contributed by atoms with E-state index >= 15 is 0 Å². The first kappa shape index (κ1) is 27.1. The van der Waals surface area contributed by atoms with E-state index in [1.165, 1.54) is 16.4 Å². The van der Waals surface area contributed by atoms with Gasteiger partial charge in [-0.15, -0.1) is 5.10 Å². The number of thioether (sulfide) groups is 1. The summed E-state index contributed by atoms with van der Waals surface area (Å²) in [6.45, 7) is 6.33. The van der Waals surface area contributed by atoms with E-state index in [1.54, 1.807) is 29.5 Å². The fourth-order valence-corrected chi connectivity index (χ4v) is 5.20. The van der Waals surface area contributed by atoms with E-state index in [0.29, 0.717) is 32.3 Å². The minimum atomic E-state index is -0.287. The average molecular weight is 576 g/mol. The summed E-state index contributed by atoms with van der Waals surface area (Å²) in [5, 5.41) is 22.5. The highest BCUT2D eigenvalue weighted by atomic mass is 35.5. The lowest BCUT2D eigenvalue weighted by Gasteiger charge is -2.20. The number of tetrazole rings is 1. The zero-order valence-electron chi connectivity index (χ0n) is 20.3. The molecule has 0 aliphatic carbocycles. The zero-order valence-corrected chi connectivity index (χ0v) is 23.4. The van der Waals surface area contributed by atoms with Crippen molar-refractivity contribution in [3.05, 3.63) is 74.4 Å². The fraction of sp³-hybridized carbons (Fsp3) is 0.240. The topological polar surface area (TPSA) is 102 Å². The van der Waals surface area contributed by atoms with Crippen molar-refractivity contribution in [1.29, 1.82) is 0 Å². The van der Waals surface area contributed by atoms with Crippen LogP contribution < -0.4 is 10.6 Å². The van der Waals surface area contributed by atoms with Crippen LogP contribution in [0.3, 0.4) is 0 Å². The van der Waals surface area contributed by atoms with Crippen molar-refractivity contribution >= 4 is 69.5 Å². The van der Waals surface area contributed by atoms with Gasteiger partial charge in [0, 0.05) is 5.69 Å². The fourth-order valence-electron chi connectivity index (χ4n) is 3.36. The van der Waals surface area contributed by atoms with Crippen LogP contribution in [0.25, 0.3) is 5.69 Å². The maximum atomic E-state index is 12.6. The Morgan fingerprint density at radius 2 is 1.84 bits per heavy atom. The molecule has 2 amide bonds. The van der Waals surface area contributed by atoms with Crippen molar-refractivity contribution in [1.82, 2.24) is 20.2 Å². The molecule has 4 aromatic rings. The zero-order chi connectivity index (χ0) is 26.6. The molecule has 0 fully saturated rings. The molecule has 0 saturated heterocycles. The average Bonchev–Trinajstić information content (AvgIpc) is 3.51. The molecule has 4 rings (SSSR count). The summed E-state index contributed by atoms with van der Waals surface area (Å²) in [6, 6.07) is 12.6. The summed E-state index contributed by atoms with van der Waals surface area (Å²) < 4.78 is 1.51.